The van der Waals surface area contributed by atoms with E-state index >= 15 is 0 Å². The van der Waals surface area contributed by atoms with Crippen LogP contribution in [0.3, 0.4) is 0 Å². The largest absolute Gasteiger partial charge is 1.00 e. The topological polar surface area (TPSA) is 128 Å². The molecule has 2 saturated heterocycles. The van der Waals surface area contributed by atoms with Gasteiger partial charge in [0.2, 0.25) is 5.16 Å². The summed E-state index contributed by atoms with van der Waals surface area (Å²) in [5, 5.41) is 26.2. The Kier molecular flexibility index (Phi) is 5.89. The third-order valence-corrected chi connectivity index (χ3v) is 7.89. The Balaban J connectivity index is 0.00000231. The molecule has 0 aromatic carbocycles. The third kappa shape index (κ3) is 3.30. The third-order valence-electron chi connectivity index (χ3n) is 5.70. The van der Waals surface area contributed by atoms with Gasteiger partial charge in [0.25, 0.3) is 5.91 Å². The van der Waals surface area contributed by atoms with E-state index in [2.05, 4.69) is 15.5 Å². The zero-order chi connectivity index (χ0) is 21.2. The summed E-state index contributed by atoms with van der Waals surface area (Å²) in [6, 6.07) is 2.30. The van der Waals surface area contributed by atoms with Crippen molar-refractivity contribution in [1.82, 2.24) is 30.0 Å². The molecule has 0 radical (unpaired) electrons. The van der Waals surface area contributed by atoms with Gasteiger partial charge in [-0.2, -0.15) is 0 Å². The second kappa shape index (κ2) is 8.20. The van der Waals surface area contributed by atoms with E-state index in [1.165, 1.54) is 25.8 Å². The number of carboxylic acid groups (broad SMARTS) is 1. The zero-order valence-electron chi connectivity index (χ0n) is 17.0. The van der Waals surface area contributed by atoms with Gasteiger partial charge in [-0.15, -0.1) is 16.4 Å². The Morgan fingerprint density at radius 1 is 1.39 bits per heavy atom. The Morgan fingerprint density at radius 2 is 2.16 bits per heavy atom. The van der Waals surface area contributed by atoms with Crippen molar-refractivity contribution in [2.45, 2.75) is 23.7 Å². The molecule has 0 N–H and O–H groups in total. The summed E-state index contributed by atoms with van der Waals surface area (Å²) in [5.41, 5.74) is -0.139. The van der Waals surface area contributed by atoms with Gasteiger partial charge in [-0.3, -0.25) is 9.69 Å². The fraction of sp³-hybridized carbons (Fsp3) is 0.412. The van der Waals surface area contributed by atoms with E-state index in [9.17, 15) is 19.5 Å². The van der Waals surface area contributed by atoms with Gasteiger partial charge in [-0.05, 0) is 34.4 Å². The van der Waals surface area contributed by atoms with Crippen LogP contribution in [0.1, 0.15) is 6.42 Å². The van der Waals surface area contributed by atoms with E-state index in [1.807, 2.05) is 17.5 Å². The number of carbonyl (C=O) groups excluding carboxylic acids is 3. The predicted molar refractivity (Wildman–Crippen MR) is 104 cm³/mol. The number of anilines is 1. The Morgan fingerprint density at radius 3 is 2.77 bits per heavy atom. The summed E-state index contributed by atoms with van der Waals surface area (Å²) in [6.07, 6.45) is 0.527. The first-order valence-electron chi connectivity index (χ1n) is 9.16. The molecule has 3 aliphatic rings. The van der Waals surface area contributed by atoms with E-state index in [4.69, 9.17) is 0 Å². The van der Waals surface area contributed by atoms with E-state index < -0.39 is 24.0 Å². The molecule has 11 nitrogen and oxygen atoms in total. The molecule has 156 valence electrons. The predicted octanol–water partition coefficient (Wildman–Crippen LogP) is -3.50. The molecule has 14 heteroatoms. The van der Waals surface area contributed by atoms with E-state index in [1.54, 1.807) is 19.0 Å². The van der Waals surface area contributed by atoms with E-state index in [-0.39, 0.29) is 47.2 Å². The van der Waals surface area contributed by atoms with Crippen LogP contribution >= 0.6 is 23.1 Å². The SMILES string of the molecule is CN(C(=O)N1CCC2C(Sc3nnnn3C)=C(C(=O)[O-])N3C(=O)[C@@H]1[C@@H]23)c1cccs1.[Na+]. The monoisotopic (exact) mass is 469 g/mol. The fourth-order valence-electron chi connectivity index (χ4n) is 4.33. The number of hydrogen-bond donors (Lipinski definition) is 0. The van der Waals surface area contributed by atoms with Crippen LogP contribution in [-0.2, 0) is 16.6 Å². The number of aliphatic carboxylic acids is 1. The number of β-lactam (4-membered cyclic amide) rings is 1. The number of rotatable bonds is 4. The maximum atomic E-state index is 13.1. The van der Waals surface area contributed by atoms with Crippen LogP contribution in [0, 0.1) is 5.92 Å². The van der Waals surface area contributed by atoms with Gasteiger partial charge in [-0.1, -0.05) is 11.8 Å². The Labute approximate surface area is 207 Å². The van der Waals surface area contributed by atoms with Gasteiger partial charge in [0.05, 0.1) is 22.7 Å². The number of amides is 3. The summed E-state index contributed by atoms with van der Waals surface area (Å²) in [7, 11) is 3.32. The molecular formula is C17H16N7NaO4S2. The number of thiophene rings is 1. The summed E-state index contributed by atoms with van der Waals surface area (Å²) in [5.74, 6) is -2.02. The van der Waals surface area contributed by atoms with Gasteiger partial charge in [-0.25, -0.2) is 9.48 Å². The molecule has 0 saturated carbocycles. The minimum Gasteiger partial charge on any atom is -0.543 e. The van der Waals surface area contributed by atoms with Crippen LogP contribution in [0.5, 0.6) is 0 Å². The van der Waals surface area contributed by atoms with Crippen LogP contribution in [0.15, 0.2) is 33.3 Å². The van der Waals surface area contributed by atoms with Crippen molar-refractivity contribution in [3.05, 3.63) is 28.1 Å². The number of hydrogen-bond acceptors (Lipinski definition) is 9. The first-order valence-corrected chi connectivity index (χ1v) is 10.9. The number of piperidine rings is 1. The van der Waals surface area contributed by atoms with E-state index in [0.29, 0.717) is 23.0 Å². The second-order valence-corrected chi connectivity index (χ2v) is 9.15. The van der Waals surface area contributed by atoms with Crippen molar-refractivity contribution in [1.29, 1.82) is 0 Å². The Bertz CT molecular complexity index is 1090. The number of carbonyl (C=O) groups is 3. The molecule has 3 atom stereocenters. The molecule has 2 fully saturated rings. The summed E-state index contributed by atoms with van der Waals surface area (Å²) in [4.78, 5) is 42.8. The van der Waals surface area contributed by atoms with Crippen LogP contribution in [0.4, 0.5) is 9.80 Å². The molecule has 0 spiro atoms. The van der Waals surface area contributed by atoms with Gasteiger partial charge in [0, 0.05) is 31.5 Å². The van der Waals surface area contributed by atoms with Crippen molar-refractivity contribution in [2.75, 3.05) is 18.5 Å². The maximum Gasteiger partial charge on any atom is 1.00 e. The van der Waals surface area contributed by atoms with Gasteiger partial charge in [0.1, 0.15) is 6.04 Å². The first kappa shape index (κ1) is 22.3. The van der Waals surface area contributed by atoms with Crippen LogP contribution in [0.2, 0.25) is 0 Å². The molecule has 2 aromatic heterocycles. The molecule has 31 heavy (non-hydrogen) atoms. The van der Waals surface area contributed by atoms with Crippen LogP contribution in [0.25, 0.3) is 0 Å². The normalized spacial score (nSPS) is 23.9. The number of urea groups is 1. The summed E-state index contributed by atoms with van der Waals surface area (Å²) >= 11 is 2.56. The van der Waals surface area contributed by atoms with Crippen molar-refractivity contribution in [3.63, 3.8) is 0 Å². The molecule has 5 rings (SSSR count). The quantitative estimate of drug-likeness (QED) is 0.333. The number of tetrazole rings is 1. The molecule has 0 aliphatic carbocycles. The number of aromatic nitrogens is 4. The van der Waals surface area contributed by atoms with Crippen molar-refractivity contribution in [2.24, 2.45) is 13.0 Å². The average molecular weight is 469 g/mol. The van der Waals surface area contributed by atoms with Gasteiger partial charge >= 0.3 is 35.6 Å². The number of thioether (sulfide) groups is 1. The molecule has 3 amide bonds. The maximum absolute atomic E-state index is 13.1. The smallest absolute Gasteiger partial charge is 0.543 e. The number of aryl methyl sites for hydroxylation is 1. The second-order valence-electron chi connectivity index (χ2n) is 7.21. The first-order chi connectivity index (χ1) is 14.4. The number of nitrogens with zero attached hydrogens (tertiary/aromatic N) is 7. The fourth-order valence-corrected chi connectivity index (χ4v) is 6.15. The van der Waals surface area contributed by atoms with Gasteiger partial charge in [0.15, 0.2) is 0 Å². The average Bonchev–Trinajstić information content (AvgIpc) is 3.45. The number of carboxylic acids is 1. The number of likely N-dealkylation sites (tertiary alicyclic amines) is 1. The summed E-state index contributed by atoms with van der Waals surface area (Å²) < 4.78 is 1.44. The molecule has 5 heterocycles. The standard InChI is InChI=1S/C17H17N7O4S2.Na/c1-21(9-4-3-7-29-9)17(28)23-6-5-8-10-11(23)14(25)24(10)12(15(26)27)13(8)30-16-18-19-20-22(16)2;/h3-4,7-8,10-11H,5-6H2,1-2H3,(H,26,27);/q;+1/p-1/t8?,10-,11+;/m1./s1. The summed E-state index contributed by atoms with van der Waals surface area (Å²) in [6.45, 7) is 0.349. The van der Waals surface area contributed by atoms with Crippen molar-refractivity contribution >= 4 is 46.0 Å². The molecule has 2 aromatic rings. The zero-order valence-corrected chi connectivity index (χ0v) is 20.6. The van der Waals surface area contributed by atoms with Gasteiger partial charge < -0.3 is 19.7 Å². The molecule has 3 aliphatic heterocycles. The molecule has 1 unspecified atom stereocenters. The van der Waals surface area contributed by atoms with E-state index in [0.717, 1.165) is 16.8 Å². The molecular weight excluding hydrogens is 453 g/mol. The van der Waals surface area contributed by atoms with Crippen molar-refractivity contribution < 1.29 is 49.0 Å². The van der Waals surface area contributed by atoms with Crippen molar-refractivity contribution in [3.8, 4) is 0 Å². The molecule has 0 bridgehead atoms. The minimum absolute atomic E-state index is 0. The van der Waals surface area contributed by atoms with Crippen LogP contribution < -0.4 is 39.6 Å². The van der Waals surface area contributed by atoms with Crippen LogP contribution in [-0.4, -0.2) is 73.6 Å². The Hall–Kier alpha value is -1.93. The minimum atomic E-state index is -1.41.